The van der Waals surface area contributed by atoms with Crippen molar-refractivity contribution in [1.29, 1.82) is 0 Å². The molecule has 0 spiro atoms. The molecular formula is C7H10BI2O2S-. The van der Waals surface area contributed by atoms with E-state index in [4.69, 9.17) is 10.7 Å². The van der Waals surface area contributed by atoms with Crippen LogP contribution in [0.3, 0.4) is 0 Å². The van der Waals surface area contributed by atoms with E-state index in [1.807, 2.05) is 38.3 Å². The first kappa shape index (κ1) is 14.2. The number of carbonyl (C=O) groups excluding carboxylic acids is 1. The van der Waals surface area contributed by atoms with E-state index >= 15 is 0 Å². The van der Waals surface area contributed by atoms with E-state index in [2.05, 4.69) is 22.6 Å². The Kier molecular flexibility index (Phi) is 9.36. The van der Waals surface area contributed by atoms with Gasteiger partial charge in [-0.05, 0) is 0 Å². The van der Waals surface area contributed by atoms with Gasteiger partial charge in [0.1, 0.15) is 0 Å². The Morgan fingerprint density at radius 1 is 1.69 bits per heavy atom. The van der Waals surface area contributed by atoms with Gasteiger partial charge in [0, 0.05) is 0 Å². The van der Waals surface area contributed by atoms with E-state index in [0.29, 0.717) is 6.42 Å². The molecule has 0 aromatic heterocycles. The quantitative estimate of drug-likeness (QED) is 0.294. The third-order valence-electron chi connectivity index (χ3n) is 1.51. The molecule has 0 unspecified atom stereocenters. The second-order valence-corrected chi connectivity index (χ2v) is 6.48. The maximum absolute atomic E-state index is 10.4. The van der Waals surface area contributed by atoms with Crippen LogP contribution in [-0.2, 0) is 16.6 Å². The third kappa shape index (κ3) is 7.21. The molecule has 0 aliphatic heterocycles. The first-order valence-electron chi connectivity index (χ1n) is 3.64. The van der Waals surface area contributed by atoms with Crippen LogP contribution in [0.15, 0.2) is 10.2 Å². The van der Waals surface area contributed by atoms with Crippen LogP contribution >= 0.6 is 43.8 Å². The fraction of sp³-hybridized carbons (Fsp3) is 0.571. The fourth-order valence-corrected chi connectivity index (χ4v) is 2.74. The average Bonchev–Trinajstić information content (AvgIpc) is 2.03. The SMILES string of the molecule is B#[S-](I)O[C@@H](CC=O)[C@@H](C)/C=C/I. The van der Waals surface area contributed by atoms with Crippen LogP contribution in [0.5, 0.6) is 0 Å². The van der Waals surface area contributed by atoms with Crippen LogP contribution in [0.25, 0.3) is 0 Å². The van der Waals surface area contributed by atoms with Crippen LogP contribution in [0.1, 0.15) is 13.3 Å². The average molecular weight is 423 g/mol. The van der Waals surface area contributed by atoms with Gasteiger partial charge in [-0.15, -0.1) is 0 Å². The Balaban J connectivity index is 4.24. The van der Waals surface area contributed by atoms with Gasteiger partial charge in [0.15, 0.2) is 0 Å². The van der Waals surface area contributed by atoms with Gasteiger partial charge < -0.3 is 0 Å². The molecule has 0 N–H and O–H groups in total. The number of hydrogen-bond donors (Lipinski definition) is 0. The van der Waals surface area contributed by atoms with Crippen molar-refractivity contribution in [1.82, 2.24) is 0 Å². The van der Waals surface area contributed by atoms with Crippen LogP contribution in [-0.4, -0.2) is 18.9 Å². The summed E-state index contributed by atoms with van der Waals surface area (Å²) in [5.74, 6) is 0.218. The van der Waals surface area contributed by atoms with E-state index in [1.54, 1.807) is 0 Å². The molecule has 0 radical (unpaired) electrons. The van der Waals surface area contributed by atoms with E-state index < -0.39 is 7.58 Å². The standard InChI is InChI=1S/C7H10BI2O2S/c1-6(2-4-9)7(3-5-11)12-13(8)10/h2,4-7H,3H2,1H3/q-1/b4-2+/t6-,7-/m0/s1. The Hall–Kier alpha value is 1.24. The molecule has 0 heterocycles. The molecule has 0 aromatic rings. The zero-order valence-corrected chi connectivity index (χ0v) is 12.3. The van der Waals surface area contributed by atoms with Gasteiger partial charge in [-0.2, -0.15) is 0 Å². The van der Waals surface area contributed by atoms with Crippen molar-refractivity contribution in [3.8, 4) is 0 Å². The summed E-state index contributed by atoms with van der Waals surface area (Å²) < 4.78 is 7.33. The monoisotopic (exact) mass is 423 g/mol. The zero-order valence-electron chi connectivity index (χ0n) is 7.15. The first-order valence-corrected chi connectivity index (χ1v) is 8.64. The van der Waals surface area contributed by atoms with Crippen LogP contribution in [0.4, 0.5) is 0 Å². The molecule has 2 nitrogen and oxygen atoms in total. The number of aldehydes is 1. The first-order chi connectivity index (χ1) is 6.11. The molecule has 0 saturated carbocycles. The molecular weight excluding hydrogens is 413 g/mol. The third-order valence-corrected chi connectivity index (χ3v) is 2.98. The zero-order chi connectivity index (χ0) is 10.3. The second kappa shape index (κ2) is 8.54. The topological polar surface area (TPSA) is 26.3 Å². The van der Waals surface area contributed by atoms with Gasteiger partial charge in [0.2, 0.25) is 0 Å². The summed E-state index contributed by atoms with van der Waals surface area (Å²) in [6.07, 6.45) is 3.16. The summed E-state index contributed by atoms with van der Waals surface area (Å²) >= 11 is 4.14. The molecule has 0 saturated heterocycles. The van der Waals surface area contributed by atoms with E-state index in [0.717, 1.165) is 6.29 Å². The van der Waals surface area contributed by atoms with Gasteiger partial charge in [0.25, 0.3) is 0 Å². The van der Waals surface area contributed by atoms with Gasteiger partial charge in [-0.1, -0.05) is 0 Å². The van der Waals surface area contributed by atoms with Crippen molar-refractivity contribution in [2.75, 3.05) is 0 Å². The van der Waals surface area contributed by atoms with E-state index in [9.17, 15) is 4.79 Å². The summed E-state index contributed by atoms with van der Waals surface area (Å²) in [6.45, 7) is 7.51. The maximum atomic E-state index is 10.4. The van der Waals surface area contributed by atoms with Crippen molar-refractivity contribution in [3.05, 3.63) is 10.2 Å². The minimum atomic E-state index is -0.597. The molecule has 0 aromatic carbocycles. The molecule has 0 aliphatic carbocycles. The fourth-order valence-electron chi connectivity index (χ4n) is 0.793. The Labute approximate surface area is 108 Å². The molecule has 0 fully saturated rings. The normalized spacial score (nSPS) is 16.5. The van der Waals surface area contributed by atoms with Gasteiger partial charge in [0.05, 0.1) is 0 Å². The van der Waals surface area contributed by atoms with Crippen molar-refractivity contribution < 1.29 is 8.98 Å². The van der Waals surface area contributed by atoms with Gasteiger partial charge in [-0.3, -0.25) is 0 Å². The molecule has 13 heavy (non-hydrogen) atoms. The Morgan fingerprint density at radius 2 is 2.31 bits per heavy atom. The molecule has 0 rings (SSSR count). The number of halogens is 2. The van der Waals surface area contributed by atoms with Crippen LogP contribution < -0.4 is 0 Å². The van der Waals surface area contributed by atoms with Crippen LogP contribution in [0, 0.1) is 5.92 Å². The summed E-state index contributed by atoms with van der Waals surface area (Å²) in [5.41, 5.74) is 0. The predicted molar refractivity (Wildman–Crippen MR) is 75.0 cm³/mol. The Morgan fingerprint density at radius 3 is 2.69 bits per heavy atom. The number of hydrogen-bond acceptors (Lipinski definition) is 3. The summed E-state index contributed by atoms with van der Waals surface area (Å²) in [4.78, 5) is 10.4. The van der Waals surface area contributed by atoms with E-state index in [1.165, 1.54) is 0 Å². The van der Waals surface area contributed by atoms with Crippen molar-refractivity contribution in [3.63, 3.8) is 0 Å². The molecule has 0 aliphatic rings. The molecule has 0 amide bonds. The second-order valence-electron chi connectivity index (χ2n) is 2.46. The number of carbonyl (C=O) groups is 1. The molecule has 2 atom stereocenters. The number of rotatable bonds is 5. The van der Waals surface area contributed by atoms with Crippen molar-refractivity contribution >= 4 is 64.2 Å². The van der Waals surface area contributed by atoms with Crippen molar-refractivity contribution in [2.24, 2.45) is 5.92 Å². The van der Waals surface area contributed by atoms with E-state index in [-0.39, 0.29) is 12.0 Å². The minimum absolute atomic E-state index is 0.103. The van der Waals surface area contributed by atoms with Gasteiger partial charge >= 0.3 is 109 Å². The summed E-state index contributed by atoms with van der Waals surface area (Å²) in [6, 6.07) is 0. The van der Waals surface area contributed by atoms with Gasteiger partial charge in [-0.25, -0.2) is 0 Å². The molecule has 74 valence electrons. The molecule has 0 bridgehead atoms. The van der Waals surface area contributed by atoms with Crippen LogP contribution in [0.2, 0.25) is 0 Å². The Bertz CT molecular complexity index is 249. The summed E-state index contributed by atoms with van der Waals surface area (Å²) in [7, 11) is -0.597. The predicted octanol–water partition coefficient (Wildman–Crippen LogP) is 2.51. The molecule has 6 heteroatoms. The summed E-state index contributed by atoms with van der Waals surface area (Å²) in [5, 5.41) is 0. The van der Waals surface area contributed by atoms with Crippen molar-refractivity contribution in [2.45, 2.75) is 19.4 Å².